The smallest absolute Gasteiger partial charge is 0.264 e. The first kappa shape index (κ1) is 16.3. The van der Waals surface area contributed by atoms with Crippen molar-refractivity contribution in [3.8, 4) is 5.75 Å². The second kappa shape index (κ2) is 6.26. The third-order valence-corrected chi connectivity index (χ3v) is 6.68. The summed E-state index contributed by atoms with van der Waals surface area (Å²) in [5.41, 5.74) is 3.14. The van der Waals surface area contributed by atoms with Crippen LogP contribution in [-0.2, 0) is 16.4 Å². The van der Waals surface area contributed by atoms with Gasteiger partial charge in [0.1, 0.15) is 5.75 Å². The number of hydrogen-bond donors (Lipinski definition) is 0. The van der Waals surface area contributed by atoms with E-state index in [0.29, 0.717) is 23.8 Å². The van der Waals surface area contributed by atoms with Crippen molar-refractivity contribution in [3.05, 3.63) is 48.0 Å². The molecule has 0 amide bonds. The molecule has 0 unspecified atom stereocenters. The third-order valence-electron chi connectivity index (χ3n) is 4.85. The van der Waals surface area contributed by atoms with E-state index in [1.165, 1.54) is 5.56 Å². The van der Waals surface area contributed by atoms with Gasteiger partial charge in [-0.15, -0.1) is 0 Å². The highest BCUT2D eigenvalue weighted by Gasteiger charge is 2.34. The quantitative estimate of drug-likeness (QED) is 0.843. The number of sulfonamides is 1. The molecule has 5 nitrogen and oxygen atoms in total. The Kier molecular flexibility index (Phi) is 4.07. The number of nitrogens with zero attached hydrogens (tertiary/aromatic N) is 2. The van der Waals surface area contributed by atoms with Gasteiger partial charge in [-0.2, -0.15) is 0 Å². The molecular weight excluding hydrogens is 336 g/mol. The zero-order chi connectivity index (χ0) is 17.4. The minimum absolute atomic E-state index is 0.304. The van der Waals surface area contributed by atoms with E-state index < -0.39 is 10.0 Å². The van der Waals surface area contributed by atoms with Crippen molar-refractivity contribution >= 4 is 21.4 Å². The first-order valence-corrected chi connectivity index (χ1v) is 10.2. The number of benzene rings is 2. The van der Waals surface area contributed by atoms with Gasteiger partial charge in [0, 0.05) is 13.1 Å². The Labute approximate surface area is 148 Å². The molecule has 0 saturated heterocycles. The van der Waals surface area contributed by atoms with Crippen molar-refractivity contribution in [3.63, 3.8) is 0 Å². The van der Waals surface area contributed by atoms with Crippen LogP contribution in [0.15, 0.2) is 47.4 Å². The summed E-state index contributed by atoms with van der Waals surface area (Å²) < 4.78 is 33.4. The number of hydrogen-bond acceptors (Lipinski definition) is 4. The lowest BCUT2D eigenvalue weighted by molar-refractivity contribution is 0.340. The lowest BCUT2D eigenvalue weighted by atomic mass is 9.99. The molecule has 0 fully saturated rings. The highest BCUT2D eigenvalue weighted by atomic mass is 32.2. The Balaban J connectivity index is 1.74. The Hall–Kier alpha value is -2.21. The van der Waals surface area contributed by atoms with Gasteiger partial charge >= 0.3 is 0 Å². The largest absolute Gasteiger partial charge is 0.494 e. The zero-order valence-corrected chi connectivity index (χ0v) is 15.1. The molecule has 25 heavy (non-hydrogen) atoms. The summed E-state index contributed by atoms with van der Waals surface area (Å²) in [6.07, 6.45) is 2.14. The first-order valence-electron chi connectivity index (χ1n) is 8.73. The van der Waals surface area contributed by atoms with Crippen molar-refractivity contribution in [2.45, 2.75) is 24.7 Å². The minimum Gasteiger partial charge on any atom is -0.494 e. The Morgan fingerprint density at radius 3 is 2.60 bits per heavy atom. The van der Waals surface area contributed by atoms with Gasteiger partial charge in [-0.1, -0.05) is 12.1 Å². The van der Waals surface area contributed by atoms with Gasteiger partial charge in [0.2, 0.25) is 0 Å². The number of para-hydroxylation sites is 1. The third kappa shape index (κ3) is 2.74. The molecule has 2 aliphatic heterocycles. The average molecular weight is 358 g/mol. The fourth-order valence-corrected chi connectivity index (χ4v) is 5.19. The van der Waals surface area contributed by atoms with Gasteiger partial charge in [-0.3, -0.25) is 4.31 Å². The predicted octanol–water partition coefficient (Wildman–Crippen LogP) is 3.05. The minimum atomic E-state index is -3.58. The van der Waals surface area contributed by atoms with E-state index in [0.717, 1.165) is 37.3 Å². The van der Waals surface area contributed by atoms with E-state index in [1.807, 2.05) is 19.1 Å². The standard InChI is InChI=1S/C19H22N2O3S/c1-2-24-16-8-10-17(11-9-16)25(22,23)21-14-13-20-12-4-6-15-5-3-7-18(21)19(15)20/h3,5,7-11H,2,4,6,12-14H2,1H3. The van der Waals surface area contributed by atoms with E-state index in [2.05, 4.69) is 11.0 Å². The normalized spacial score (nSPS) is 16.5. The van der Waals surface area contributed by atoms with Crippen LogP contribution in [0.2, 0.25) is 0 Å². The van der Waals surface area contributed by atoms with Crippen LogP contribution in [0.25, 0.3) is 0 Å². The Morgan fingerprint density at radius 2 is 1.84 bits per heavy atom. The summed E-state index contributed by atoms with van der Waals surface area (Å²) in [6.45, 7) is 4.68. The maximum Gasteiger partial charge on any atom is 0.264 e. The molecule has 0 spiro atoms. The predicted molar refractivity (Wildman–Crippen MR) is 99.1 cm³/mol. The molecule has 132 valence electrons. The summed E-state index contributed by atoms with van der Waals surface area (Å²) >= 11 is 0. The number of ether oxygens (including phenoxy) is 1. The molecule has 0 aromatic heterocycles. The summed E-state index contributed by atoms with van der Waals surface area (Å²) in [4.78, 5) is 2.62. The molecule has 0 saturated carbocycles. The summed E-state index contributed by atoms with van der Waals surface area (Å²) in [5.74, 6) is 0.684. The summed E-state index contributed by atoms with van der Waals surface area (Å²) in [6, 6.07) is 12.7. The van der Waals surface area contributed by atoms with Crippen LogP contribution in [0.1, 0.15) is 18.9 Å². The highest BCUT2D eigenvalue weighted by Crippen LogP contribution is 2.41. The van der Waals surface area contributed by atoms with Crippen LogP contribution in [-0.4, -0.2) is 34.7 Å². The van der Waals surface area contributed by atoms with Crippen LogP contribution < -0.4 is 13.9 Å². The maximum atomic E-state index is 13.2. The Bertz CT molecular complexity index is 878. The fraction of sp³-hybridized carbons (Fsp3) is 0.368. The van der Waals surface area contributed by atoms with Crippen molar-refractivity contribution < 1.29 is 13.2 Å². The van der Waals surface area contributed by atoms with Gasteiger partial charge in [0.25, 0.3) is 10.0 Å². The lowest BCUT2D eigenvalue weighted by Crippen LogP contribution is -2.46. The average Bonchev–Trinajstić information content (AvgIpc) is 2.63. The van der Waals surface area contributed by atoms with Gasteiger partial charge in [-0.05, 0) is 55.7 Å². The molecular formula is C19H22N2O3S. The van der Waals surface area contributed by atoms with Crippen LogP contribution >= 0.6 is 0 Å². The van der Waals surface area contributed by atoms with Crippen LogP contribution in [0.5, 0.6) is 5.75 Å². The van der Waals surface area contributed by atoms with Gasteiger partial charge in [0.05, 0.1) is 29.4 Å². The molecule has 4 rings (SSSR count). The zero-order valence-electron chi connectivity index (χ0n) is 14.3. The van der Waals surface area contributed by atoms with E-state index in [9.17, 15) is 8.42 Å². The van der Waals surface area contributed by atoms with E-state index in [4.69, 9.17) is 4.74 Å². The number of aryl methyl sites for hydroxylation is 1. The second-order valence-electron chi connectivity index (χ2n) is 6.36. The summed E-state index contributed by atoms with van der Waals surface area (Å²) in [5, 5.41) is 0. The van der Waals surface area contributed by atoms with Crippen molar-refractivity contribution in [2.24, 2.45) is 0 Å². The molecule has 2 aromatic rings. The molecule has 0 bridgehead atoms. The number of anilines is 2. The molecule has 6 heteroatoms. The van der Waals surface area contributed by atoms with Crippen molar-refractivity contribution in [1.82, 2.24) is 0 Å². The molecule has 2 heterocycles. The highest BCUT2D eigenvalue weighted by molar-refractivity contribution is 7.92. The number of rotatable bonds is 4. The second-order valence-corrected chi connectivity index (χ2v) is 8.22. The molecule has 0 atom stereocenters. The molecule has 0 aliphatic carbocycles. The fourth-order valence-electron chi connectivity index (χ4n) is 3.73. The SMILES string of the molecule is CCOc1ccc(S(=O)(=O)N2CCN3CCCc4cccc2c43)cc1. The first-order chi connectivity index (χ1) is 12.1. The summed E-state index contributed by atoms with van der Waals surface area (Å²) in [7, 11) is -3.58. The van der Waals surface area contributed by atoms with E-state index in [-0.39, 0.29) is 0 Å². The Morgan fingerprint density at radius 1 is 1.04 bits per heavy atom. The van der Waals surface area contributed by atoms with Gasteiger partial charge in [0.15, 0.2) is 0 Å². The monoisotopic (exact) mass is 358 g/mol. The topological polar surface area (TPSA) is 49.9 Å². The van der Waals surface area contributed by atoms with Crippen LogP contribution in [0, 0.1) is 0 Å². The van der Waals surface area contributed by atoms with Crippen LogP contribution in [0.3, 0.4) is 0 Å². The maximum absolute atomic E-state index is 13.2. The molecule has 0 radical (unpaired) electrons. The van der Waals surface area contributed by atoms with Crippen LogP contribution in [0.4, 0.5) is 11.4 Å². The van der Waals surface area contributed by atoms with Gasteiger partial charge in [-0.25, -0.2) is 8.42 Å². The molecule has 2 aromatic carbocycles. The molecule has 0 N–H and O–H groups in total. The van der Waals surface area contributed by atoms with E-state index in [1.54, 1.807) is 28.6 Å². The molecule has 2 aliphatic rings. The van der Waals surface area contributed by atoms with Gasteiger partial charge < -0.3 is 9.64 Å². The van der Waals surface area contributed by atoms with Crippen molar-refractivity contribution in [1.29, 1.82) is 0 Å². The van der Waals surface area contributed by atoms with Crippen molar-refractivity contribution in [2.75, 3.05) is 35.4 Å². The van der Waals surface area contributed by atoms with E-state index >= 15 is 0 Å². The lowest BCUT2D eigenvalue weighted by Gasteiger charge is -2.41.